The van der Waals surface area contributed by atoms with Gasteiger partial charge < -0.3 is 4.90 Å². The molecule has 0 amide bonds. The van der Waals surface area contributed by atoms with Gasteiger partial charge in [-0.2, -0.15) is 0 Å². The van der Waals surface area contributed by atoms with Crippen molar-refractivity contribution >= 4 is 40.6 Å². The highest BCUT2D eigenvalue weighted by molar-refractivity contribution is 7.98. The molecular formula is C17H18ClN5S2. The summed E-state index contributed by atoms with van der Waals surface area (Å²) < 4.78 is 2.08. The number of aryl methyl sites for hydroxylation is 1. The Morgan fingerprint density at radius 3 is 2.72 bits per heavy atom. The molecule has 2 aromatic heterocycles. The zero-order valence-electron chi connectivity index (χ0n) is 13.9. The van der Waals surface area contributed by atoms with Crippen molar-refractivity contribution in [2.24, 2.45) is 0 Å². The first-order valence-corrected chi connectivity index (χ1v) is 10.5. The number of halogens is 1. The Morgan fingerprint density at radius 2 is 2.00 bits per heavy atom. The maximum absolute atomic E-state index is 6.47. The van der Waals surface area contributed by atoms with E-state index in [-0.39, 0.29) is 0 Å². The molecule has 1 aliphatic heterocycles. The monoisotopic (exact) mass is 391 g/mol. The van der Waals surface area contributed by atoms with Crippen molar-refractivity contribution in [2.45, 2.75) is 30.7 Å². The molecule has 5 nitrogen and oxygen atoms in total. The first-order chi connectivity index (χ1) is 12.2. The van der Waals surface area contributed by atoms with Crippen LogP contribution in [-0.2, 0) is 5.75 Å². The highest BCUT2D eigenvalue weighted by Crippen LogP contribution is 2.33. The number of anilines is 1. The third kappa shape index (κ3) is 3.54. The van der Waals surface area contributed by atoms with Crippen LogP contribution in [0.5, 0.6) is 0 Å². The second-order valence-corrected chi connectivity index (χ2v) is 8.32. The van der Waals surface area contributed by atoms with Crippen LogP contribution >= 0.6 is 34.7 Å². The molecule has 1 aliphatic rings. The Hall–Kier alpha value is -1.57. The summed E-state index contributed by atoms with van der Waals surface area (Å²) in [6.45, 7) is 4.05. The summed E-state index contributed by atoms with van der Waals surface area (Å²) in [4.78, 5) is 6.82. The Balaban J connectivity index is 1.69. The maximum Gasteiger partial charge on any atom is 0.232 e. The van der Waals surface area contributed by atoms with E-state index < -0.39 is 0 Å². The third-order valence-corrected chi connectivity index (χ3v) is 6.22. The van der Waals surface area contributed by atoms with Crippen LogP contribution in [-0.4, -0.2) is 32.8 Å². The fourth-order valence-electron chi connectivity index (χ4n) is 2.93. The topological polar surface area (TPSA) is 46.8 Å². The van der Waals surface area contributed by atoms with Gasteiger partial charge in [-0.3, -0.25) is 4.57 Å². The van der Waals surface area contributed by atoms with Crippen molar-refractivity contribution in [3.63, 3.8) is 0 Å². The molecule has 0 N–H and O–H groups in total. The summed E-state index contributed by atoms with van der Waals surface area (Å²) in [6.07, 6.45) is 2.38. The first-order valence-electron chi connectivity index (χ1n) is 8.21. The molecule has 3 heterocycles. The minimum absolute atomic E-state index is 0.703. The van der Waals surface area contributed by atoms with Gasteiger partial charge in [-0.15, -0.1) is 21.5 Å². The second-order valence-electron chi connectivity index (χ2n) is 5.91. The molecule has 0 radical (unpaired) electrons. The number of thioether (sulfide) groups is 1. The number of nitrogens with zero attached hydrogens (tertiary/aromatic N) is 5. The number of aromatic nitrogens is 4. The largest absolute Gasteiger partial charge is 0.341 e. The average Bonchev–Trinajstić information content (AvgIpc) is 3.33. The van der Waals surface area contributed by atoms with E-state index in [9.17, 15) is 0 Å². The van der Waals surface area contributed by atoms with Gasteiger partial charge in [-0.1, -0.05) is 35.5 Å². The number of benzene rings is 1. The molecule has 0 aliphatic carbocycles. The molecule has 0 bridgehead atoms. The molecule has 1 aromatic carbocycles. The number of para-hydroxylation sites is 1. The van der Waals surface area contributed by atoms with E-state index in [2.05, 4.69) is 30.0 Å². The van der Waals surface area contributed by atoms with E-state index >= 15 is 0 Å². The minimum Gasteiger partial charge on any atom is -0.341 e. The standard InChI is InChI=1S/C17H18ClN5S2/c1-12-19-13(10-24-12)11-25-17-21-20-16(22-8-4-5-9-22)23(17)15-7-3-2-6-14(15)18/h2-3,6-7,10H,4-5,8-9,11H2,1H3. The molecule has 1 fully saturated rings. The Labute approximate surface area is 160 Å². The molecule has 4 rings (SSSR count). The molecule has 8 heteroatoms. The van der Waals surface area contributed by atoms with Crippen LogP contribution in [0.25, 0.3) is 5.69 Å². The highest BCUT2D eigenvalue weighted by atomic mass is 35.5. The quantitative estimate of drug-likeness (QED) is 0.596. The molecule has 0 spiro atoms. The van der Waals surface area contributed by atoms with Gasteiger partial charge in [0.05, 0.1) is 21.4 Å². The predicted octanol–water partition coefficient (Wildman–Crippen LogP) is 4.58. The fourth-order valence-corrected chi connectivity index (χ4v) is 4.71. The predicted molar refractivity (Wildman–Crippen MR) is 104 cm³/mol. The van der Waals surface area contributed by atoms with Gasteiger partial charge in [0.2, 0.25) is 5.95 Å². The second kappa shape index (κ2) is 7.35. The zero-order chi connectivity index (χ0) is 17.2. The normalized spacial score (nSPS) is 14.4. The van der Waals surface area contributed by atoms with Gasteiger partial charge >= 0.3 is 0 Å². The van der Waals surface area contributed by atoms with Crippen LogP contribution in [0.3, 0.4) is 0 Å². The maximum atomic E-state index is 6.47. The number of rotatable bonds is 5. The van der Waals surface area contributed by atoms with Crippen LogP contribution in [0.2, 0.25) is 5.02 Å². The van der Waals surface area contributed by atoms with Crippen molar-refractivity contribution in [2.75, 3.05) is 18.0 Å². The summed E-state index contributed by atoms with van der Waals surface area (Å²) in [7, 11) is 0. The summed E-state index contributed by atoms with van der Waals surface area (Å²) >= 11 is 9.79. The number of hydrogen-bond acceptors (Lipinski definition) is 6. The smallest absolute Gasteiger partial charge is 0.232 e. The van der Waals surface area contributed by atoms with Crippen LogP contribution < -0.4 is 4.90 Å². The highest BCUT2D eigenvalue weighted by Gasteiger charge is 2.23. The van der Waals surface area contributed by atoms with Crippen LogP contribution in [0, 0.1) is 6.92 Å². The van der Waals surface area contributed by atoms with E-state index in [4.69, 9.17) is 11.6 Å². The van der Waals surface area contributed by atoms with Crippen molar-refractivity contribution < 1.29 is 0 Å². The van der Waals surface area contributed by atoms with Crippen LogP contribution in [0.15, 0.2) is 34.8 Å². The van der Waals surface area contributed by atoms with Gasteiger partial charge in [-0.05, 0) is 31.9 Å². The third-order valence-electron chi connectivity index (χ3n) is 4.11. The average molecular weight is 392 g/mol. The van der Waals surface area contributed by atoms with Gasteiger partial charge in [-0.25, -0.2) is 4.98 Å². The zero-order valence-corrected chi connectivity index (χ0v) is 16.2. The van der Waals surface area contributed by atoms with E-state index in [0.29, 0.717) is 5.02 Å². The van der Waals surface area contributed by atoms with E-state index in [0.717, 1.165) is 46.3 Å². The van der Waals surface area contributed by atoms with E-state index in [1.807, 2.05) is 31.2 Å². The molecule has 130 valence electrons. The lowest BCUT2D eigenvalue weighted by Gasteiger charge is -2.19. The van der Waals surface area contributed by atoms with Gasteiger partial charge in [0.25, 0.3) is 0 Å². The summed E-state index contributed by atoms with van der Waals surface area (Å²) in [6, 6.07) is 7.86. The van der Waals surface area contributed by atoms with Crippen LogP contribution in [0.1, 0.15) is 23.5 Å². The minimum atomic E-state index is 0.703. The fraction of sp³-hybridized carbons (Fsp3) is 0.353. The van der Waals surface area contributed by atoms with Gasteiger partial charge in [0.1, 0.15) is 0 Å². The van der Waals surface area contributed by atoms with Gasteiger partial charge in [0, 0.05) is 24.2 Å². The number of hydrogen-bond donors (Lipinski definition) is 0. The SMILES string of the molecule is Cc1nc(CSc2nnc(N3CCCC3)n2-c2ccccc2Cl)cs1. The van der Waals surface area contributed by atoms with Crippen molar-refractivity contribution in [1.29, 1.82) is 0 Å². The molecule has 0 saturated carbocycles. The number of thiazole rings is 1. The van der Waals surface area contributed by atoms with Crippen molar-refractivity contribution in [1.82, 2.24) is 19.7 Å². The van der Waals surface area contributed by atoms with E-state index in [1.54, 1.807) is 23.1 Å². The molecular weight excluding hydrogens is 374 g/mol. The lowest BCUT2D eigenvalue weighted by molar-refractivity contribution is 0.841. The Morgan fingerprint density at radius 1 is 1.20 bits per heavy atom. The van der Waals surface area contributed by atoms with Crippen molar-refractivity contribution in [3.8, 4) is 5.69 Å². The molecule has 25 heavy (non-hydrogen) atoms. The summed E-state index contributed by atoms with van der Waals surface area (Å²) in [5, 5.41) is 13.7. The van der Waals surface area contributed by atoms with Gasteiger partial charge in [0.15, 0.2) is 5.16 Å². The van der Waals surface area contributed by atoms with Crippen molar-refractivity contribution in [3.05, 3.63) is 45.4 Å². The Kier molecular flexibility index (Phi) is 4.96. The van der Waals surface area contributed by atoms with Crippen LogP contribution in [0.4, 0.5) is 5.95 Å². The summed E-state index contributed by atoms with van der Waals surface area (Å²) in [5.41, 5.74) is 2.00. The first kappa shape index (κ1) is 16.9. The molecule has 0 atom stereocenters. The van der Waals surface area contributed by atoms with E-state index in [1.165, 1.54) is 12.8 Å². The molecule has 3 aromatic rings. The Bertz CT molecular complexity index is 870. The summed E-state index contributed by atoms with van der Waals surface area (Å²) in [5.74, 6) is 1.65. The lowest BCUT2D eigenvalue weighted by Crippen LogP contribution is -2.22. The molecule has 0 unspecified atom stereocenters. The lowest BCUT2D eigenvalue weighted by atomic mass is 10.3. The molecule has 1 saturated heterocycles.